The summed E-state index contributed by atoms with van der Waals surface area (Å²) in [5, 5.41) is 11.6. The molecule has 4 heteroatoms. The van der Waals surface area contributed by atoms with Crippen LogP contribution in [-0.4, -0.2) is 36.9 Å². The molecule has 76 valence electrons. The number of hydrogen-bond donors (Lipinski definition) is 2. The van der Waals surface area contributed by atoms with Gasteiger partial charge in [-0.2, -0.15) is 0 Å². The Kier molecular flexibility index (Phi) is 4.18. The summed E-state index contributed by atoms with van der Waals surface area (Å²) >= 11 is 0. The van der Waals surface area contributed by atoms with Crippen LogP contribution in [0.3, 0.4) is 0 Å². The van der Waals surface area contributed by atoms with Crippen LogP contribution in [0.1, 0.15) is 25.7 Å². The van der Waals surface area contributed by atoms with E-state index in [2.05, 4.69) is 5.32 Å². The van der Waals surface area contributed by atoms with Crippen LogP contribution in [0.2, 0.25) is 0 Å². The fourth-order valence-electron chi connectivity index (χ4n) is 1.71. The summed E-state index contributed by atoms with van der Waals surface area (Å²) in [6, 6.07) is 0.588. The maximum absolute atomic E-state index is 10.2. The first-order chi connectivity index (χ1) is 6.22. The molecule has 0 aromatic carbocycles. The molecule has 0 spiro atoms. The first-order valence-corrected chi connectivity index (χ1v) is 4.73. The molecule has 13 heavy (non-hydrogen) atoms. The first kappa shape index (κ1) is 10.5. The van der Waals surface area contributed by atoms with Gasteiger partial charge in [0.2, 0.25) is 0 Å². The van der Waals surface area contributed by atoms with Gasteiger partial charge in [0.15, 0.2) is 0 Å². The molecule has 2 N–H and O–H groups in total. The van der Waals surface area contributed by atoms with E-state index in [0.717, 1.165) is 25.7 Å². The van der Waals surface area contributed by atoms with Gasteiger partial charge in [-0.3, -0.25) is 0 Å². The smallest absolute Gasteiger partial charge is 0.329 e. The number of rotatable bonds is 4. The second kappa shape index (κ2) is 5.19. The van der Waals surface area contributed by atoms with Crippen molar-refractivity contribution in [1.29, 1.82) is 0 Å². The zero-order chi connectivity index (χ0) is 9.68. The van der Waals surface area contributed by atoms with Crippen molar-refractivity contribution < 1.29 is 14.6 Å². The molecule has 0 saturated heterocycles. The average molecular weight is 187 g/mol. The van der Waals surface area contributed by atoms with Crippen molar-refractivity contribution >= 4 is 5.97 Å². The second-order valence-corrected chi connectivity index (χ2v) is 3.47. The van der Waals surface area contributed by atoms with Gasteiger partial charge >= 0.3 is 5.97 Å². The topological polar surface area (TPSA) is 58.6 Å². The number of hydrogen-bond acceptors (Lipinski definition) is 3. The van der Waals surface area contributed by atoms with E-state index in [0.29, 0.717) is 6.04 Å². The molecule has 0 aromatic heterocycles. The van der Waals surface area contributed by atoms with Gasteiger partial charge in [-0.15, -0.1) is 0 Å². The molecule has 0 amide bonds. The molecule has 0 aromatic rings. The Hall–Kier alpha value is -0.610. The van der Waals surface area contributed by atoms with Crippen molar-refractivity contribution in [1.82, 2.24) is 5.32 Å². The maximum Gasteiger partial charge on any atom is 0.329 e. The fourth-order valence-corrected chi connectivity index (χ4v) is 1.71. The van der Waals surface area contributed by atoms with E-state index in [1.807, 2.05) is 7.05 Å². The first-order valence-electron chi connectivity index (χ1n) is 4.73. The quantitative estimate of drug-likeness (QED) is 0.677. The molecule has 4 nitrogen and oxygen atoms in total. The number of carboxylic acid groups (broad SMARTS) is 1. The van der Waals surface area contributed by atoms with Gasteiger partial charge in [-0.25, -0.2) is 4.79 Å². The van der Waals surface area contributed by atoms with Gasteiger partial charge in [-0.05, 0) is 32.7 Å². The molecule has 1 aliphatic carbocycles. The summed E-state index contributed by atoms with van der Waals surface area (Å²) in [4.78, 5) is 10.2. The predicted molar refractivity (Wildman–Crippen MR) is 48.7 cm³/mol. The van der Waals surface area contributed by atoms with Crippen LogP contribution in [-0.2, 0) is 9.53 Å². The van der Waals surface area contributed by atoms with Gasteiger partial charge in [0.25, 0.3) is 0 Å². The summed E-state index contributed by atoms with van der Waals surface area (Å²) in [7, 11) is 1.96. The number of nitrogens with one attached hydrogen (secondary N) is 1. The minimum Gasteiger partial charge on any atom is -0.480 e. The Balaban J connectivity index is 2.14. The normalized spacial score (nSPS) is 28.7. The lowest BCUT2D eigenvalue weighted by Gasteiger charge is -2.27. The number of aliphatic carboxylic acids is 1. The van der Waals surface area contributed by atoms with Gasteiger partial charge in [0.1, 0.15) is 6.61 Å². The third kappa shape index (κ3) is 3.74. The number of carboxylic acids is 1. The highest BCUT2D eigenvalue weighted by Gasteiger charge is 2.20. The molecule has 1 saturated carbocycles. The summed E-state index contributed by atoms with van der Waals surface area (Å²) < 4.78 is 5.21. The third-order valence-electron chi connectivity index (χ3n) is 2.52. The summed E-state index contributed by atoms with van der Waals surface area (Å²) in [5.41, 5.74) is 0. The average Bonchev–Trinajstić information content (AvgIpc) is 2.15. The van der Waals surface area contributed by atoms with E-state index in [9.17, 15) is 4.79 Å². The monoisotopic (exact) mass is 187 g/mol. The fraction of sp³-hybridized carbons (Fsp3) is 0.889. The highest BCUT2D eigenvalue weighted by atomic mass is 16.5. The minimum absolute atomic E-state index is 0.153. The lowest BCUT2D eigenvalue weighted by molar-refractivity contribution is -0.145. The van der Waals surface area contributed by atoms with Crippen molar-refractivity contribution in [2.75, 3.05) is 13.7 Å². The molecule has 1 fully saturated rings. The van der Waals surface area contributed by atoms with Crippen LogP contribution in [0, 0.1) is 0 Å². The number of carbonyl (C=O) groups is 1. The van der Waals surface area contributed by atoms with Gasteiger partial charge < -0.3 is 15.2 Å². The molecular weight excluding hydrogens is 170 g/mol. The van der Waals surface area contributed by atoms with Crippen LogP contribution in [0.5, 0.6) is 0 Å². The lowest BCUT2D eigenvalue weighted by Crippen LogP contribution is -2.33. The Morgan fingerprint density at radius 1 is 1.46 bits per heavy atom. The van der Waals surface area contributed by atoms with E-state index < -0.39 is 5.97 Å². The molecule has 1 rings (SSSR count). The Labute approximate surface area is 78.3 Å². The summed E-state index contributed by atoms with van der Waals surface area (Å²) in [6.07, 6.45) is 4.26. The van der Waals surface area contributed by atoms with Crippen molar-refractivity contribution in [2.24, 2.45) is 0 Å². The van der Waals surface area contributed by atoms with Crippen LogP contribution >= 0.6 is 0 Å². The number of ether oxygens (including phenoxy) is 1. The van der Waals surface area contributed by atoms with Crippen molar-refractivity contribution in [3.63, 3.8) is 0 Å². The maximum atomic E-state index is 10.2. The summed E-state index contributed by atoms with van der Waals surface area (Å²) in [5.74, 6) is -0.879. The standard InChI is InChI=1S/C9H17NO3/c1-10-7-2-4-8(5-3-7)13-6-9(11)12/h7-8,10H,2-6H2,1H3,(H,11,12)/t7-,8-. The van der Waals surface area contributed by atoms with E-state index in [4.69, 9.17) is 9.84 Å². The molecule has 0 atom stereocenters. The molecule has 0 radical (unpaired) electrons. The van der Waals surface area contributed by atoms with Crippen molar-refractivity contribution in [3.05, 3.63) is 0 Å². The minimum atomic E-state index is -0.879. The van der Waals surface area contributed by atoms with Crippen LogP contribution in [0.4, 0.5) is 0 Å². The highest BCUT2D eigenvalue weighted by molar-refractivity contribution is 5.68. The van der Waals surface area contributed by atoms with E-state index in [-0.39, 0.29) is 12.7 Å². The van der Waals surface area contributed by atoms with E-state index >= 15 is 0 Å². The molecule has 0 heterocycles. The molecule has 1 aliphatic rings. The third-order valence-corrected chi connectivity index (χ3v) is 2.52. The lowest BCUT2D eigenvalue weighted by atomic mass is 9.93. The van der Waals surface area contributed by atoms with Gasteiger partial charge in [-0.1, -0.05) is 0 Å². The SMILES string of the molecule is CN[C@H]1CC[C@H](OCC(=O)O)CC1. The summed E-state index contributed by atoms with van der Waals surface area (Å²) in [6.45, 7) is -0.158. The zero-order valence-corrected chi connectivity index (χ0v) is 7.95. The van der Waals surface area contributed by atoms with Crippen molar-refractivity contribution in [3.8, 4) is 0 Å². The molecule has 0 bridgehead atoms. The highest BCUT2D eigenvalue weighted by Crippen LogP contribution is 2.20. The Morgan fingerprint density at radius 2 is 2.08 bits per heavy atom. The molecular formula is C9H17NO3. The van der Waals surface area contributed by atoms with Crippen LogP contribution in [0.25, 0.3) is 0 Å². The van der Waals surface area contributed by atoms with E-state index in [1.165, 1.54) is 0 Å². The van der Waals surface area contributed by atoms with Crippen molar-refractivity contribution in [2.45, 2.75) is 37.8 Å². The van der Waals surface area contributed by atoms with Gasteiger partial charge in [0.05, 0.1) is 6.10 Å². The molecule has 0 aliphatic heterocycles. The molecule has 0 unspecified atom stereocenters. The Morgan fingerprint density at radius 3 is 2.54 bits per heavy atom. The van der Waals surface area contributed by atoms with E-state index in [1.54, 1.807) is 0 Å². The van der Waals surface area contributed by atoms with Crippen LogP contribution < -0.4 is 5.32 Å². The Bertz CT molecular complexity index is 164. The predicted octanol–water partition coefficient (Wildman–Crippen LogP) is 0.618. The van der Waals surface area contributed by atoms with Gasteiger partial charge in [0, 0.05) is 6.04 Å². The second-order valence-electron chi connectivity index (χ2n) is 3.47. The zero-order valence-electron chi connectivity index (χ0n) is 7.95. The van der Waals surface area contributed by atoms with Crippen LogP contribution in [0.15, 0.2) is 0 Å². The largest absolute Gasteiger partial charge is 0.480 e.